The normalized spacial score (nSPS) is 29.3. The zero-order chi connectivity index (χ0) is 31.7. The average molecular weight is 629 g/mol. The summed E-state index contributed by atoms with van der Waals surface area (Å²) < 4.78 is 25.0. The fraction of sp³-hybridized carbons (Fsp3) is 0.371. The van der Waals surface area contributed by atoms with Gasteiger partial charge in [-0.3, -0.25) is 14.4 Å². The van der Waals surface area contributed by atoms with Crippen LogP contribution in [0.3, 0.4) is 0 Å². The van der Waals surface area contributed by atoms with Gasteiger partial charge in [0.15, 0.2) is 6.04 Å². The van der Waals surface area contributed by atoms with Crippen molar-refractivity contribution in [3.05, 3.63) is 113 Å². The maximum Gasteiger partial charge on any atom is 0.327 e. The standard InChI is InChI=1S/C35H36N2O9/c38-17-16-36-33(41)34-21-27-28-29(45-35(44-28,25-7-3-1-4-8-25)26-9-5-2-6-10-26)31(34)46-37(30(34)32(40)43-27)22-24-13-11-23(12-14-24)15-19-42-20-18-39/h1-15,19,27-31,38-39H,16-18,20-22H2,(H,36,41). The number of hydrogen-bond acceptors (Lipinski definition) is 10. The molecule has 3 aliphatic heterocycles. The van der Waals surface area contributed by atoms with Crippen LogP contribution in [-0.2, 0) is 45.7 Å². The summed E-state index contributed by atoms with van der Waals surface area (Å²) >= 11 is 0. The van der Waals surface area contributed by atoms with Crippen LogP contribution in [0.25, 0.3) is 6.08 Å². The average Bonchev–Trinajstić information content (AvgIpc) is 3.67. The first-order valence-corrected chi connectivity index (χ1v) is 15.5. The highest BCUT2D eigenvalue weighted by Crippen LogP contribution is 2.59. The third-order valence-corrected chi connectivity index (χ3v) is 9.17. The van der Waals surface area contributed by atoms with Crippen molar-refractivity contribution in [1.82, 2.24) is 10.4 Å². The zero-order valence-corrected chi connectivity index (χ0v) is 25.1. The number of aliphatic hydroxyl groups excluding tert-OH is 2. The van der Waals surface area contributed by atoms with Gasteiger partial charge in [-0.2, -0.15) is 5.06 Å². The monoisotopic (exact) mass is 628 g/mol. The van der Waals surface area contributed by atoms with Crippen LogP contribution < -0.4 is 5.32 Å². The predicted molar refractivity (Wildman–Crippen MR) is 163 cm³/mol. The van der Waals surface area contributed by atoms with E-state index in [-0.39, 0.29) is 39.3 Å². The first-order valence-electron chi connectivity index (χ1n) is 15.5. The number of fused-ring (bicyclic) bond motifs is 4. The lowest BCUT2D eigenvalue weighted by atomic mass is 9.62. The Labute approximate surface area is 266 Å². The number of carbonyl (C=O) groups excluding carboxylic acids is 2. The first-order chi connectivity index (χ1) is 22.5. The maximum absolute atomic E-state index is 14.1. The van der Waals surface area contributed by atoms with Crippen LogP contribution in [0, 0.1) is 5.41 Å². The highest BCUT2D eigenvalue weighted by Gasteiger charge is 2.76. The van der Waals surface area contributed by atoms with Crippen molar-refractivity contribution in [2.24, 2.45) is 5.41 Å². The molecule has 3 N–H and O–H groups in total. The van der Waals surface area contributed by atoms with Crippen LogP contribution >= 0.6 is 0 Å². The summed E-state index contributed by atoms with van der Waals surface area (Å²) in [6, 6.07) is 25.7. The van der Waals surface area contributed by atoms with E-state index >= 15 is 0 Å². The molecule has 0 spiro atoms. The minimum absolute atomic E-state index is 0.0279. The molecule has 3 heterocycles. The van der Waals surface area contributed by atoms with E-state index in [1.165, 1.54) is 11.3 Å². The molecule has 11 nitrogen and oxygen atoms in total. The molecule has 3 saturated heterocycles. The lowest BCUT2D eigenvalue weighted by Crippen LogP contribution is -2.69. The summed E-state index contributed by atoms with van der Waals surface area (Å²) in [5.41, 5.74) is 1.90. The lowest BCUT2D eigenvalue weighted by molar-refractivity contribution is -0.213. The molecule has 6 atom stereocenters. The van der Waals surface area contributed by atoms with E-state index < -0.39 is 53.5 Å². The quantitative estimate of drug-likeness (QED) is 0.165. The number of aliphatic hydroxyl groups is 2. The maximum atomic E-state index is 14.1. The van der Waals surface area contributed by atoms with Crippen LogP contribution in [0.2, 0.25) is 0 Å². The summed E-state index contributed by atoms with van der Waals surface area (Å²) in [6.07, 6.45) is 0.339. The van der Waals surface area contributed by atoms with E-state index in [0.29, 0.717) is 0 Å². The van der Waals surface area contributed by atoms with Gasteiger partial charge in [-0.15, -0.1) is 0 Å². The minimum atomic E-state index is -1.35. The summed E-state index contributed by atoms with van der Waals surface area (Å²) in [7, 11) is 0. The van der Waals surface area contributed by atoms with Gasteiger partial charge in [-0.25, -0.2) is 0 Å². The second-order valence-electron chi connectivity index (χ2n) is 11.9. The van der Waals surface area contributed by atoms with Crippen LogP contribution in [0.5, 0.6) is 0 Å². The topological polar surface area (TPSA) is 136 Å². The number of nitrogens with one attached hydrogen (secondary N) is 1. The molecule has 7 rings (SSSR count). The molecule has 4 aliphatic rings. The molecule has 3 aromatic carbocycles. The molecule has 1 aliphatic carbocycles. The summed E-state index contributed by atoms with van der Waals surface area (Å²) in [5.74, 6) is -2.30. The molecule has 1 amide bonds. The fourth-order valence-electron chi connectivity index (χ4n) is 7.18. The van der Waals surface area contributed by atoms with Crippen LogP contribution in [-0.4, -0.2) is 84.0 Å². The van der Waals surface area contributed by atoms with E-state index in [1.54, 1.807) is 6.08 Å². The number of carbonyl (C=O) groups is 2. The number of rotatable bonds is 11. The second kappa shape index (κ2) is 12.6. The molecule has 4 fully saturated rings. The summed E-state index contributed by atoms with van der Waals surface area (Å²) in [6.45, 7) is 0.116. The Morgan fingerprint density at radius 1 is 0.935 bits per heavy atom. The molecule has 3 aromatic rings. The Balaban J connectivity index is 1.25. The molecular weight excluding hydrogens is 592 g/mol. The number of nitrogens with zero attached hydrogens (tertiary/aromatic N) is 1. The Bertz CT molecular complexity index is 1530. The zero-order valence-electron chi connectivity index (χ0n) is 25.1. The fourth-order valence-corrected chi connectivity index (χ4v) is 7.18. The van der Waals surface area contributed by atoms with Crippen LogP contribution in [0.15, 0.2) is 91.2 Å². The van der Waals surface area contributed by atoms with Crippen LogP contribution in [0.4, 0.5) is 0 Å². The molecular formula is C35H36N2O9. The second-order valence-corrected chi connectivity index (χ2v) is 11.9. The Morgan fingerprint density at radius 2 is 1.61 bits per heavy atom. The first kappa shape index (κ1) is 30.5. The van der Waals surface area contributed by atoms with E-state index in [9.17, 15) is 14.7 Å². The van der Waals surface area contributed by atoms with Crippen molar-refractivity contribution in [3.63, 3.8) is 0 Å². The van der Waals surface area contributed by atoms with Crippen LogP contribution in [0.1, 0.15) is 28.7 Å². The molecule has 1 saturated carbocycles. The third kappa shape index (κ3) is 5.09. The third-order valence-electron chi connectivity index (χ3n) is 9.17. The van der Waals surface area contributed by atoms with Gasteiger partial charge in [-0.1, -0.05) is 84.9 Å². The molecule has 2 bridgehead atoms. The number of amides is 1. The van der Waals surface area contributed by atoms with E-state index in [1.807, 2.05) is 84.9 Å². The van der Waals surface area contributed by atoms with Gasteiger partial charge in [0.1, 0.15) is 36.4 Å². The highest BCUT2D eigenvalue weighted by molar-refractivity contribution is 5.93. The molecule has 0 aromatic heterocycles. The van der Waals surface area contributed by atoms with Gasteiger partial charge in [-0.05, 0) is 17.2 Å². The van der Waals surface area contributed by atoms with E-state index in [4.69, 9.17) is 28.9 Å². The molecule has 6 unspecified atom stereocenters. The van der Waals surface area contributed by atoms with E-state index in [0.717, 1.165) is 22.3 Å². The Hall–Kier alpha value is -4.10. The minimum Gasteiger partial charge on any atom is -0.499 e. The predicted octanol–water partition coefficient (Wildman–Crippen LogP) is 2.26. The lowest BCUT2D eigenvalue weighted by Gasteiger charge is -2.48. The Morgan fingerprint density at radius 3 is 2.26 bits per heavy atom. The number of ether oxygens (including phenoxy) is 4. The SMILES string of the molecule is O=C1OC2CC3(C(=O)NCCO)C(ON(Cc4ccc(C=COCCO)cc4)C13)C1OC(c3ccccc3)(c3ccccc3)OC21. The van der Waals surface area contributed by atoms with Gasteiger partial charge in [0.05, 0.1) is 26.0 Å². The Kier molecular flexibility index (Phi) is 8.36. The van der Waals surface area contributed by atoms with Gasteiger partial charge >= 0.3 is 5.97 Å². The van der Waals surface area contributed by atoms with Crippen molar-refractivity contribution >= 4 is 18.0 Å². The number of benzene rings is 3. The molecule has 0 radical (unpaired) electrons. The van der Waals surface area contributed by atoms with Crippen molar-refractivity contribution in [1.29, 1.82) is 0 Å². The van der Waals surface area contributed by atoms with Gasteiger partial charge in [0.25, 0.3) is 0 Å². The summed E-state index contributed by atoms with van der Waals surface area (Å²) in [5, 5.41) is 22.8. The number of esters is 1. The van der Waals surface area contributed by atoms with Crippen molar-refractivity contribution in [3.8, 4) is 0 Å². The van der Waals surface area contributed by atoms with E-state index in [2.05, 4.69) is 5.32 Å². The van der Waals surface area contributed by atoms with Crippen molar-refractivity contribution in [2.45, 2.75) is 49.2 Å². The highest BCUT2D eigenvalue weighted by atomic mass is 16.8. The molecule has 46 heavy (non-hydrogen) atoms. The molecule has 11 heteroatoms. The molecule has 240 valence electrons. The number of hydroxylamine groups is 2. The summed E-state index contributed by atoms with van der Waals surface area (Å²) in [4.78, 5) is 34.6. The van der Waals surface area contributed by atoms with Gasteiger partial charge < -0.3 is 34.5 Å². The largest absolute Gasteiger partial charge is 0.499 e. The van der Waals surface area contributed by atoms with Gasteiger partial charge in [0.2, 0.25) is 11.7 Å². The van der Waals surface area contributed by atoms with Crippen molar-refractivity contribution < 1.29 is 43.6 Å². The number of hydrogen-bond donors (Lipinski definition) is 3. The van der Waals surface area contributed by atoms with Gasteiger partial charge in [0, 0.05) is 24.1 Å². The smallest absolute Gasteiger partial charge is 0.327 e. The van der Waals surface area contributed by atoms with Crippen molar-refractivity contribution in [2.75, 3.05) is 26.4 Å².